The molecule has 1 atom stereocenters. The number of hydrogen-bond acceptors (Lipinski definition) is 6. The van der Waals surface area contributed by atoms with Gasteiger partial charge in [0.25, 0.3) is 0 Å². The SMILES string of the molecule is O=C(O)[C@H]1CN(CCCOP(O)O)CCN1. The van der Waals surface area contributed by atoms with Gasteiger partial charge in [0, 0.05) is 26.2 Å². The summed E-state index contributed by atoms with van der Waals surface area (Å²) < 4.78 is 4.62. The molecule has 1 rings (SSSR count). The van der Waals surface area contributed by atoms with Crippen LogP contribution in [0, 0.1) is 0 Å². The molecule has 8 heteroatoms. The Labute approximate surface area is 95.0 Å². The lowest BCUT2D eigenvalue weighted by Crippen LogP contribution is -2.54. The number of piperazine rings is 1. The van der Waals surface area contributed by atoms with Crippen LogP contribution in [0.4, 0.5) is 0 Å². The average molecular weight is 252 g/mol. The minimum Gasteiger partial charge on any atom is -0.480 e. The molecule has 0 amide bonds. The fourth-order valence-corrected chi connectivity index (χ4v) is 1.91. The normalized spacial score (nSPS) is 22.6. The van der Waals surface area contributed by atoms with Crippen molar-refractivity contribution in [3.8, 4) is 0 Å². The standard InChI is InChI=1S/C8H17N2O5P/c11-8(12)7-6-10(4-2-9-7)3-1-5-15-16(13)14/h7,9,13-14H,1-6H2,(H,11,12)/t7-/m1/s1. The van der Waals surface area contributed by atoms with Crippen LogP contribution >= 0.6 is 8.60 Å². The van der Waals surface area contributed by atoms with E-state index in [2.05, 4.69) is 9.84 Å². The first-order chi connectivity index (χ1) is 7.59. The third-order valence-electron chi connectivity index (χ3n) is 2.38. The largest absolute Gasteiger partial charge is 0.480 e. The Kier molecular flexibility index (Phi) is 6.12. The average Bonchev–Trinajstić information content (AvgIpc) is 2.24. The van der Waals surface area contributed by atoms with Crippen LogP contribution in [0.3, 0.4) is 0 Å². The predicted molar refractivity (Wildman–Crippen MR) is 57.8 cm³/mol. The summed E-state index contributed by atoms with van der Waals surface area (Å²) in [6.07, 6.45) is 0.659. The quantitative estimate of drug-likeness (QED) is 0.354. The van der Waals surface area contributed by atoms with Crippen LogP contribution in [-0.2, 0) is 9.32 Å². The van der Waals surface area contributed by atoms with Gasteiger partial charge in [-0.15, -0.1) is 0 Å². The van der Waals surface area contributed by atoms with E-state index in [0.29, 0.717) is 26.1 Å². The summed E-state index contributed by atoms with van der Waals surface area (Å²) in [5.74, 6) is -0.838. The second-order valence-electron chi connectivity index (χ2n) is 3.59. The summed E-state index contributed by atoms with van der Waals surface area (Å²) in [5, 5.41) is 11.7. The van der Waals surface area contributed by atoms with Crippen LogP contribution < -0.4 is 5.32 Å². The Hall–Kier alpha value is -0.300. The molecular weight excluding hydrogens is 235 g/mol. The molecule has 0 aliphatic carbocycles. The highest BCUT2D eigenvalue weighted by molar-refractivity contribution is 7.39. The highest BCUT2D eigenvalue weighted by Crippen LogP contribution is 2.23. The zero-order chi connectivity index (χ0) is 12.0. The summed E-state index contributed by atoms with van der Waals surface area (Å²) >= 11 is 0. The van der Waals surface area contributed by atoms with Crippen molar-refractivity contribution in [2.75, 3.05) is 32.8 Å². The van der Waals surface area contributed by atoms with E-state index in [4.69, 9.17) is 14.9 Å². The first-order valence-electron chi connectivity index (χ1n) is 5.09. The van der Waals surface area contributed by atoms with Crippen LogP contribution in [0.15, 0.2) is 0 Å². The van der Waals surface area contributed by atoms with E-state index < -0.39 is 20.6 Å². The van der Waals surface area contributed by atoms with Gasteiger partial charge in [0.1, 0.15) is 6.04 Å². The molecule has 7 nitrogen and oxygen atoms in total. The Balaban J connectivity index is 2.14. The molecule has 1 heterocycles. The van der Waals surface area contributed by atoms with E-state index in [9.17, 15) is 4.79 Å². The number of carboxylic acids is 1. The molecule has 0 unspecified atom stereocenters. The molecule has 0 aromatic heterocycles. The smallest absolute Gasteiger partial charge is 0.327 e. The third kappa shape index (κ3) is 5.16. The molecule has 1 aliphatic heterocycles. The molecule has 0 spiro atoms. The van der Waals surface area contributed by atoms with Crippen LogP contribution in [0.2, 0.25) is 0 Å². The zero-order valence-electron chi connectivity index (χ0n) is 8.87. The number of aliphatic carboxylic acids is 1. The van der Waals surface area contributed by atoms with Crippen LogP contribution in [0.5, 0.6) is 0 Å². The minimum absolute atomic E-state index is 0.278. The summed E-state index contributed by atoms with van der Waals surface area (Å²) in [6.45, 7) is 2.92. The zero-order valence-corrected chi connectivity index (χ0v) is 9.77. The van der Waals surface area contributed by atoms with Crippen molar-refractivity contribution < 1.29 is 24.2 Å². The molecule has 94 valence electrons. The van der Waals surface area contributed by atoms with Crippen molar-refractivity contribution in [2.45, 2.75) is 12.5 Å². The van der Waals surface area contributed by atoms with Gasteiger partial charge in [-0.3, -0.25) is 9.69 Å². The van der Waals surface area contributed by atoms with E-state index in [0.717, 1.165) is 6.54 Å². The topological polar surface area (TPSA) is 102 Å². The van der Waals surface area contributed by atoms with Gasteiger partial charge < -0.3 is 24.7 Å². The molecule has 0 aromatic carbocycles. The number of carbonyl (C=O) groups is 1. The van der Waals surface area contributed by atoms with Crippen molar-refractivity contribution in [1.82, 2.24) is 10.2 Å². The van der Waals surface area contributed by atoms with Gasteiger partial charge in [-0.2, -0.15) is 0 Å². The van der Waals surface area contributed by atoms with Crippen molar-refractivity contribution in [1.29, 1.82) is 0 Å². The molecule has 1 saturated heterocycles. The number of nitrogens with zero attached hydrogens (tertiary/aromatic N) is 1. The number of hydrogen-bond donors (Lipinski definition) is 4. The van der Waals surface area contributed by atoms with Gasteiger partial charge in [-0.05, 0) is 6.42 Å². The van der Waals surface area contributed by atoms with Gasteiger partial charge in [0.05, 0.1) is 6.61 Å². The number of rotatable bonds is 6. The molecular formula is C8H17N2O5P. The van der Waals surface area contributed by atoms with Crippen LogP contribution in [-0.4, -0.2) is 64.6 Å². The molecule has 0 radical (unpaired) electrons. The first-order valence-corrected chi connectivity index (χ1v) is 6.25. The fourth-order valence-electron chi connectivity index (χ4n) is 1.61. The van der Waals surface area contributed by atoms with E-state index in [-0.39, 0.29) is 6.61 Å². The van der Waals surface area contributed by atoms with E-state index in [1.54, 1.807) is 0 Å². The van der Waals surface area contributed by atoms with Crippen molar-refractivity contribution >= 4 is 14.6 Å². The monoisotopic (exact) mass is 252 g/mol. The summed E-state index contributed by atoms with van der Waals surface area (Å²) in [6, 6.07) is -0.512. The molecule has 1 fully saturated rings. The number of carboxylic acid groups (broad SMARTS) is 1. The summed E-state index contributed by atoms with van der Waals surface area (Å²) in [5.41, 5.74) is 0. The van der Waals surface area contributed by atoms with Crippen molar-refractivity contribution in [3.05, 3.63) is 0 Å². The summed E-state index contributed by atoms with van der Waals surface area (Å²) in [7, 11) is -2.27. The van der Waals surface area contributed by atoms with Crippen molar-refractivity contribution in [2.24, 2.45) is 0 Å². The van der Waals surface area contributed by atoms with Gasteiger partial charge in [0.15, 0.2) is 0 Å². The van der Waals surface area contributed by atoms with E-state index >= 15 is 0 Å². The van der Waals surface area contributed by atoms with Crippen LogP contribution in [0.25, 0.3) is 0 Å². The highest BCUT2D eigenvalue weighted by Gasteiger charge is 2.24. The Morgan fingerprint density at radius 3 is 2.94 bits per heavy atom. The van der Waals surface area contributed by atoms with E-state index in [1.807, 2.05) is 4.90 Å². The van der Waals surface area contributed by atoms with Crippen molar-refractivity contribution in [3.63, 3.8) is 0 Å². The Morgan fingerprint density at radius 2 is 2.31 bits per heavy atom. The second-order valence-corrected chi connectivity index (χ2v) is 4.35. The van der Waals surface area contributed by atoms with Gasteiger partial charge >= 0.3 is 14.6 Å². The molecule has 0 bridgehead atoms. The molecule has 1 aliphatic rings. The summed E-state index contributed by atoms with van der Waals surface area (Å²) in [4.78, 5) is 29.8. The second kappa shape index (κ2) is 7.11. The number of nitrogens with one attached hydrogen (secondary N) is 1. The van der Waals surface area contributed by atoms with E-state index in [1.165, 1.54) is 0 Å². The highest BCUT2D eigenvalue weighted by atomic mass is 31.2. The minimum atomic E-state index is -2.27. The van der Waals surface area contributed by atoms with Crippen LogP contribution in [0.1, 0.15) is 6.42 Å². The lowest BCUT2D eigenvalue weighted by Gasteiger charge is -2.31. The Bertz CT molecular complexity index is 228. The van der Waals surface area contributed by atoms with Gasteiger partial charge in [-0.25, -0.2) is 0 Å². The maximum absolute atomic E-state index is 10.7. The fraction of sp³-hybridized carbons (Fsp3) is 0.875. The lowest BCUT2D eigenvalue weighted by molar-refractivity contribution is -0.140. The third-order valence-corrected chi connectivity index (χ3v) is 2.80. The maximum atomic E-state index is 10.7. The maximum Gasteiger partial charge on any atom is 0.327 e. The lowest BCUT2D eigenvalue weighted by atomic mass is 10.2. The molecule has 0 saturated carbocycles. The van der Waals surface area contributed by atoms with Gasteiger partial charge in [0.2, 0.25) is 0 Å². The molecule has 4 N–H and O–H groups in total. The molecule has 16 heavy (non-hydrogen) atoms. The molecule has 0 aromatic rings. The first kappa shape index (κ1) is 13.8. The van der Waals surface area contributed by atoms with Gasteiger partial charge in [-0.1, -0.05) is 0 Å². The predicted octanol–water partition coefficient (Wildman–Crippen LogP) is -1.04. The Morgan fingerprint density at radius 1 is 1.56 bits per heavy atom.